The Morgan fingerprint density at radius 2 is 1.76 bits per heavy atom. The molecule has 0 saturated carbocycles. The Bertz CT molecular complexity index is 666. The maximum atomic E-state index is 10.6. The quantitative estimate of drug-likeness (QED) is 0.871. The smallest absolute Gasteiger partial charge is 0.127 e. The minimum absolute atomic E-state index is 0.330. The minimum atomic E-state index is -0.362. The molecule has 2 aromatic carbocycles. The van der Waals surface area contributed by atoms with Gasteiger partial charge in [-0.1, -0.05) is 36.4 Å². The fourth-order valence-corrected chi connectivity index (χ4v) is 3.57. The highest BCUT2D eigenvalue weighted by atomic mass is 16.5. The van der Waals surface area contributed by atoms with E-state index in [2.05, 4.69) is 11.0 Å². The average Bonchev–Trinajstić information content (AvgIpc) is 2.69. The molecule has 1 aliphatic heterocycles. The third kappa shape index (κ3) is 4.33. The molecule has 1 unspecified atom stereocenters. The second-order valence-electron chi connectivity index (χ2n) is 6.65. The molecule has 1 saturated heterocycles. The van der Waals surface area contributed by atoms with Gasteiger partial charge in [0.15, 0.2) is 0 Å². The number of methoxy groups -OCH3 is 2. The molecule has 0 aromatic heterocycles. The maximum Gasteiger partial charge on any atom is 0.127 e. The van der Waals surface area contributed by atoms with E-state index >= 15 is 0 Å². The summed E-state index contributed by atoms with van der Waals surface area (Å²) in [5.74, 6) is 2.01. The number of benzene rings is 2. The van der Waals surface area contributed by atoms with Crippen molar-refractivity contribution in [3.8, 4) is 11.5 Å². The van der Waals surface area contributed by atoms with Gasteiger partial charge in [0.25, 0.3) is 0 Å². The van der Waals surface area contributed by atoms with E-state index in [-0.39, 0.29) is 6.10 Å². The molecule has 0 aliphatic carbocycles. The Labute approximate surface area is 150 Å². The van der Waals surface area contributed by atoms with Crippen LogP contribution in [0.4, 0.5) is 0 Å². The summed E-state index contributed by atoms with van der Waals surface area (Å²) in [4.78, 5) is 2.43. The molecule has 2 aromatic rings. The van der Waals surface area contributed by atoms with E-state index < -0.39 is 0 Å². The van der Waals surface area contributed by atoms with Crippen LogP contribution in [-0.2, 0) is 6.54 Å². The second kappa shape index (κ2) is 8.37. The van der Waals surface area contributed by atoms with Gasteiger partial charge in [-0.2, -0.15) is 0 Å². The van der Waals surface area contributed by atoms with E-state index in [1.54, 1.807) is 14.2 Å². The first kappa shape index (κ1) is 17.8. The van der Waals surface area contributed by atoms with Gasteiger partial charge in [-0.25, -0.2) is 0 Å². The van der Waals surface area contributed by atoms with Crippen molar-refractivity contribution in [3.63, 3.8) is 0 Å². The maximum absolute atomic E-state index is 10.6. The SMILES string of the molecule is COc1ccc(CN2CCC(C(O)c3ccccc3)CC2)c(OC)c1. The van der Waals surface area contributed by atoms with Gasteiger partial charge in [0.05, 0.1) is 20.3 Å². The van der Waals surface area contributed by atoms with Crippen LogP contribution in [0.15, 0.2) is 48.5 Å². The zero-order valence-electron chi connectivity index (χ0n) is 15.0. The lowest BCUT2D eigenvalue weighted by Gasteiger charge is -2.34. The second-order valence-corrected chi connectivity index (χ2v) is 6.65. The van der Waals surface area contributed by atoms with Gasteiger partial charge in [-0.05, 0) is 43.5 Å². The molecule has 1 atom stereocenters. The number of piperidine rings is 1. The van der Waals surface area contributed by atoms with Crippen LogP contribution >= 0.6 is 0 Å². The van der Waals surface area contributed by atoms with Crippen molar-refractivity contribution in [2.75, 3.05) is 27.3 Å². The number of ether oxygens (including phenoxy) is 2. The van der Waals surface area contributed by atoms with Gasteiger partial charge >= 0.3 is 0 Å². The number of aliphatic hydroxyl groups is 1. The van der Waals surface area contributed by atoms with E-state index in [1.165, 1.54) is 5.56 Å². The summed E-state index contributed by atoms with van der Waals surface area (Å²) in [7, 11) is 3.36. The Morgan fingerprint density at radius 3 is 2.40 bits per heavy atom. The van der Waals surface area contributed by atoms with Crippen LogP contribution in [0.2, 0.25) is 0 Å². The Balaban J connectivity index is 1.58. The lowest BCUT2D eigenvalue weighted by atomic mass is 9.87. The van der Waals surface area contributed by atoms with Crippen molar-refractivity contribution in [2.24, 2.45) is 5.92 Å². The molecular formula is C21H27NO3. The lowest BCUT2D eigenvalue weighted by molar-refractivity contribution is 0.0565. The van der Waals surface area contributed by atoms with Gasteiger partial charge < -0.3 is 14.6 Å². The van der Waals surface area contributed by atoms with Gasteiger partial charge in [-0.15, -0.1) is 0 Å². The number of likely N-dealkylation sites (tertiary alicyclic amines) is 1. The summed E-state index contributed by atoms with van der Waals surface area (Å²) in [5.41, 5.74) is 2.20. The first-order valence-electron chi connectivity index (χ1n) is 8.87. The number of rotatable bonds is 6. The molecule has 1 fully saturated rings. The summed E-state index contributed by atoms with van der Waals surface area (Å²) in [6.07, 6.45) is 1.65. The van der Waals surface area contributed by atoms with Crippen LogP contribution in [0.5, 0.6) is 11.5 Å². The summed E-state index contributed by atoms with van der Waals surface area (Å²) in [6, 6.07) is 16.0. The molecule has 4 nitrogen and oxygen atoms in total. The Morgan fingerprint density at radius 1 is 1.04 bits per heavy atom. The van der Waals surface area contributed by atoms with Gasteiger partial charge in [-0.3, -0.25) is 4.90 Å². The first-order chi connectivity index (χ1) is 12.2. The van der Waals surface area contributed by atoms with Crippen LogP contribution in [0, 0.1) is 5.92 Å². The number of nitrogens with zero attached hydrogens (tertiary/aromatic N) is 1. The summed E-state index contributed by atoms with van der Waals surface area (Å²) >= 11 is 0. The van der Waals surface area contributed by atoms with Crippen LogP contribution < -0.4 is 9.47 Å². The molecule has 0 radical (unpaired) electrons. The molecule has 1 heterocycles. The monoisotopic (exact) mass is 341 g/mol. The fourth-order valence-electron chi connectivity index (χ4n) is 3.57. The Hall–Kier alpha value is -2.04. The fraction of sp³-hybridized carbons (Fsp3) is 0.429. The standard InChI is InChI=1S/C21H27NO3/c1-24-19-9-8-18(20(14-19)25-2)15-22-12-10-17(11-13-22)21(23)16-6-4-3-5-7-16/h3-9,14,17,21,23H,10-13,15H2,1-2H3. The molecular weight excluding hydrogens is 314 g/mol. The van der Waals surface area contributed by atoms with E-state index in [0.29, 0.717) is 5.92 Å². The van der Waals surface area contributed by atoms with Gasteiger partial charge in [0.1, 0.15) is 11.5 Å². The molecule has 1 aliphatic rings. The minimum Gasteiger partial charge on any atom is -0.497 e. The van der Waals surface area contributed by atoms with Crippen LogP contribution in [-0.4, -0.2) is 37.3 Å². The average molecular weight is 341 g/mol. The molecule has 0 spiro atoms. The van der Waals surface area contributed by atoms with Crippen LogP contribution in [0.1, 0.15) is 30.1 Å². The largest absolute Gasteiger partial charge is 0.497 e. The van der Waals surface area contributed by atoms with Crippen molar-refractivity contribution < 1.29 is 14.6 Å². The van der Waals surface area contributed by atoms with E-state index in [1.807, 2.05) is 42.5 Å². The molecule has 0 bridgehead atoms. The lowest BCUT2D eigenvalue weighted by Crippen LogP contribution is -2.35. The van der Waals surface area contributed by atoms with Crippen LogP contribution in [0.25, 0.3) is 0 Å². The highest BCUT2D eigenvalue weighted by Crippen LogP contribution is 2.32. The molecule has 1 N–H and O–H groups in total. The molecule has 25 heavy (non-hydrogen) atoms. The zero-order chi connectivity index (χ0) is 17.6. The molecule has 4 heteroatoms. The first-order valence-corrected chi connectivity index (χ1v) is 8.87. The van der Waals surface area contributed by atoms with Crippen molar-refractivity contribution in [1.29, 1.82) is 0 Å². The zero-order valence-corrected chi connectivity index (χ0v) is 15.0. The predicted octanol–water partition coefficient (Wildman–Crippen LogP) is 3.65. The van der Waals surface area contributed by atoms with Crippen LogP contribution in [0.3, 0.4) is 0 Å². The van der Waals surface area contributed by atoms with Crippen molar-refractivity contribution >= 4 is 0 Å². The predicted molar refractivity (Wildman–Crippen MR) is 98.9 cm³/mol. The third-order valence-corrected chi connectivity index (χ3v) is 5.11. The van der Waals surface area contributed by atoms with E-state index in [9.17, 15) is 5.11 Å². The van der Waals surface area contributed by atoms with Crippen molar-refractivity contribution in [1.82, 2.24) is 4.90 Å². The topological polar surface area (TPSA) is 41.9 Å². The molecule has 0 amide bonds. The molecule has 3 rings (SSSR count). The van der Waals surface area contributed by atoms with E-state index in [0.717, 1.165) is 49.5 Å². The Kier molecular flexibility index (Phi) is 5.95. The highest BCUT2D eigenvalue weighted by Gasteiger charge is 2.26. The van der Waals surface area contributed by atoms with Crippen molar-refractivity contribution in [3.05, 3.63) is 59.7 Å². The normalized spacial score (nSPS) is 17.2. The summed E-state index contributed by atoms with van der Waals surface area (Å²) in [5, 5.41) is 10.6. The number of hydrogen-bond donors (Lipinski definition) is 1. The third-order valence-electron chi connectivity index (χ3n) is 5.11. The summed E-state index contributed by atoms with van der Waals surface area (Å²) in [6.45, 7) is 2.84. The van der Waals surface area contributed by atoms with E-state index in [4.69, 9.17) is 9.47 Å². The summed E-state index contributed by atoms with van der Waals surface area (Å²) < 4.78 is 10.8. The van der Waals surface area contributed by atoms with Crippen molar-refractivity contribution in [2.45, 2.75) is 25.5 Å². The van der Waals surface area contributed by atoms with Gasteiger partial charge in [0.2, 0.25) is 0 Å². The van der Waals surface area contributed by atoms with Gasteiger partial charge in [0, 0.05) is 18.2 Å². The highest BCUT2D eigenvalue weighted by molar-refractivity contribution is 5.40. The molecule has 134 valence electrons. The number of aliphatic hydroxyl groups excluding tert-OH is 1. The number of hydrogen-bond acceptors (Lipinski definition) is 4.